The highest BCUT2D eigenvalue weighted by atomic mass is 19.3. The van der Waals surface area contributed by atoms with Gasteiger partial charge in [0.25, 0.3) is 0 Å². The fourth-order valence-corrected chi connectivity index (χ4v) is 10.4. The lowest BCUT2D eigenvalue weighted by Gasteiger charge is -2.46. The molecule has 0 spiro atoms. The summed E-state index contributed by atoms with van der Waals surface area (Å²) >= 11 is 0. The van der Waals surface area contributed by atoms with Crippen LogP contribution in [0.15, 0.2) is 48.5 Å². The van der Waals surface area contributed by atoms with Crippen molar-refractivity contribution >= 4 is 11.9 Å². The number of ether oxygens (including phenoxy) is 12. The predicted molar refractivity (Wildman–Crippen MR) is 264 cm³/mol. The summed E-state index contributed by atoms with van der Waals surface area (Å²) in [6.07, 6.45) is 1.03. The Hall–Kier alpha value is -6.40. The normalized spacial score (nSPS) is 19.2. The van der Waals surface area contributed by atoms with Gasteiger partial charge in [-0.15, -0.1) is 0 Å². The van der Waals surface area contributed by atoms with Gasteiger partial charge in [0.15, 0.2) is 46.0 Å². The average Bonchev–Trinajstić information content (AvgIpc) is 3.39. The molecular weight excluding hydrogens is 939 g/mol. The van der Waals surface area contributed by atoms with Crippen molar-refractivity contribution in [1.29, 1.82) is 0 Å². The summed E-state index contributed by atoms with van der Waals surface area (Å²) < 4.78 is 98.9. The van der Waals surface area contributed by atoms with Crippen molar-refractivity contribution < 1.29 is 84.2 Å². The van der Waals surface area contributed by atoms with Crippen LogP contribution in [0.3, 0.4) is 0 Å². The van der Waals surface area contributed by atoms with E-state index in [4.69, 9.17) is 56.8 Å². The van der Waals surface area contributed by atoms with Gasteiger partial charge in [0.1, 0.15) is 12.1 Å². The number of alkyl halides is 2. The Balaban J connectivity index is 1.06. The second-order valence-electron chi connectivity index (χ2n) is 18.5. The number of nitrogens with zero attached hydrogens (tertiary/aromatic N) is 2. The number of carbonyl (C=O) groups is 2. The molecule has 0 fully saturated rings. The fourth-order valence-electron chi connectivity index (χ4n) is 10.4. The van der Waals surface area contributed by atoms with Crippen LogP contribution in [-0.4, -0.2) is 151 Å². The molecular formula is C54H72F2N2O14+2. The van der Waals surface area contributed by atoms with Gasteiger partial charge in [-0.3, -0.25) is 4.79 Å². The molecule has 16 nitrogen and oxygen atoms in total. The van der Waals surface area contributed by atoms with Crippen LogP contribution in [0.4, 0.5) is 8.78 Å². The Morgan fingerprint density at radius 2 is 0.972 bits per heavy atom. The zero-order valence-electron chi connectivity index (χ0n) is 43.8. The summed E-state index contributed by atoms with van der Waals surface area (Å²) in [5.41, 5.74) is 6.11. The molecule has 4 atom stereocenters. The second-order valence-corrected chi connectivity index (χ2v) is 18.5. The Kier molecular flexibility index (Phi) is 18.2. The minimum Gasteiger partial charge on any atom is -0.493 e. The highest BCUT2D eigenvalue weighted by molar-refractivity contribution is 5.79. The van der Waals surface area contributed by atoms with Crippen molar-refractivity contribution in [2.24, 2.45) is 0 Å². The van der Waals surface area contributed by atoms with Gasteiger partial charge < -0.3 is 65.8 Å². The van der Waals surface area contributed by atoms with Crippen LogP contribution in [0.25, 0.3) is 0 Å². The number of fused-ring (bicyclic) bond motifs is 2. The molecule has 0 radical (unpaired) electrons. The number of methoxy groups -OCH3 is 10. The quantitative estimate of drug-likeness (QED) is 0.0358. The molecule has 2 aliphatic heterocycles. The zero-order chi connectivity index (χ0) is 52.4. The molecule has 0 unspecified atom stereocenters. The molecule has 2 heterocycles. The lowest BCUT2D eigenvalue weighted by Crippen LogP contribution is -2.52. The standard InChI is InChI=1S/C54H72F2N2O14/c1-57(21-16-35-28-41(61-3)43(63-5)32-38(35)40(57)25-34-26-45(65-7)51(69-11)46(27-34)66-8)19-13-24-72-53(60)54(55,56)18-15-49(59)71-23-14-20-58(2)22-17-36-29-42(62-4)44(64-6)33-39(36)50(58)37-30-47(67-9)52(70-12)48(31-37)68-10/h26-33,40,50H,13-25H2,1-12H3/q+2/t40-,50+,57-,58+/m1/s1. The number of benzene rings is 4. The van der Waals surface area contributed by atoms with E-state index >= 15 is 8.78 Å². The van der Waals surface area contributed by atoms with Gasteiger partial charge in [0, 0.05) is 55.2 Å². The minimum absolute atomic E-state index is 0.00811. The lowest BCUT2D eigenvalue weighted by atomic mass is 9.85. The highest BCUT2D eigenvalue weighted by Crippen LogP contribution is 2.49. The van der Waals surface area contributed by atoms with Crippen LogP contribution < -0.4 is 47.4 Å². The molecule has 0 bridgehead atoms. The van der Waals surface area contributed by atoms with Crippen molar-refractivity contribution in [2.75, 3.05) is 125 Å². The van der Waals surface area contributed by atoms with E-state index in [1.165, 1.54) is 0 Å². The lowest BCUT2D eigenvalue weighted by molar-refractivity contribution is -0.941. The first-order valence-corrected chi connectivity index (χ1v) is 24.0. The van der Waals surface area contributed by atoms with Crippen molar-refractivity contribution in [1.82, 2.24) is 0 Å². The zero-order valence-corrected chi connectivity index (χ0v) is 43.8. The van der Waals surface area contributed by atoms with Crippen molar-refractivity contribution in [2.45, 2.75) is 63.0 Å². The van der Waals surface area contributed by atoms with Crippen LogP contribution in [0, 0.1) is 0 Å². The van der Waals surface area contributed by atoms with Gasteiger partial charge in [0.05, 0.1) is 131 Å². The largest absolute Gasteiger partial charge is 0.493 e. The van der Waals surface area contributed by atoms with Crippen LogP contribution in [0.5, 0.6) is 57.5 Å². The Morgan fingerprint density at radius 1 is 0.542 bits per heavy atom. The third-order valence-corrected chi connectivity index (χ3v) is 14.3. The first kappa shape index (κ1) is 54.9. The molecule has 0 N–H and O–H groups in total. The summed E-state index contributed by atoms with van der Waals surface area (Å²) in [4.78, 5) is 25.8. The van der Waals surface area contributed by atoms with Crippen LogP contribution in [0.1, 0.15) is 71.1 Å². The predicted octanol–water partition coefficient (Wildman–Crippen LogP) is 8.13. The number of likely N-dealkylation sites (N-methyl/N-ethyl adjacent to an activating group) is 2. The summed E-state index contributed by atoms with van der Waals surface area (Å²) in [6.45, 7) is 2.26. The van der Waals surface area contributed by atoms with Crippen molar-refractivity contribution in [3.05, 3.63) is 81.9 Å². The number of halogens is 2. The van der Waals surface area contributed by atoms with E-state index in [-0.39, 0.29) is 25.3 Å². The Bertz CT molecular complexity index is 2490. The van der Waals surface area contributed by atoms with Crippen LogP contribution in [0.2, 0.25) is 0 Å². The van der Waals surface area contributed by atoms with Crippen molar-refractivity contribution in [3.8, 4) is 57.5 Å². The average molecular weight is 1010 g/mol. The summed E-state index contributed by atoms with van der Waals surface area (Å²) in [7, 11) is 20.0. The number of esters is 2. The van der Waals surface area contributed by atoms with E-state index in [9.17, 15) is 9.59 Å². The number of carbonyl (C=O) groups excluding carboxylic acids is 2. The third kappa shape index (κ3) is 11.8. The van der Waals surface area contributed by atoms with E-state index in [0.717, 1.165) is 52.8 Å². The monoisotopic (exact) mass is 1010 g/mol. The number of rotatable bonds is 25. The number of quaternary nitrogens is 2. The SMILES string of the molecule is COc1cc2c(cc1OC)[C@H](c1cc(OC)c(OC)c(OC)c1)[N@@+](C)(CCCOC(=O)CCC(F)(F)C(=O)OCCC[N@+]1(C)CCc3cc(OC)c(OC)cc3[C@H]1Cc1cc(OC)c(OC)c(OC)c1)CC2. The minimum atomic E-state index is -3.90. The fraction of sp³-hybridized carbons (Fsp3) is 0.519. The topological polar surface area (TPSA) is 145 Å². The van der Waals surface area contributed by atoms with Crippen molar-refractivity contribution in [3.63, 3.8) is 0 Å². The van der Waals surface area contributed by atoms with E-state index in [0.29, 0.717) is 105 Å². The third-order valence-electron chi connectivity index (χ3n) is 14.3. The molecule has 6 rings (SSSR count). The Morgan fingerprint density at radius 3 is 1.47 bits per heavy atom. The van der Waals surface area contributed by atoms with E-state index in [1.807, 2.05) is 48.5 Å². The smallest absolute Gasteiger partial charge is 0.376 e. The van der Waals surface area contributed by atoms with Gasteiger partial charge in [-0.1, -0.05) is 0 Å². The molecule has 4 aromatic carbocycles. The molecule has 0 saturated heterocycles. The first-order valence-electron chi connectivity index (χ1n) is 24.0. The Labute approximate surface area is 421 Å². The van der Waals surface area contributed by atoms with E-state index in [2.05, 4.69) is 14.1 Å². The maximum absolute atomic E-state index is 15.3. The molecule has 0 aliphatic carbocycles. The molecule has 0 aromatic heterocycles. The molecule has 72 heavy (non-hydrogen) atoms. The summed E-state index contributed by atoms with van der Waals surface area (Å²) in [5.74, 6) is -0.997. The molecule has 4 aromatic rings. The summed E-state index contributed by atoms with van der Waals surface area (Å²) in [6, 6.07) is 15.3. The van der Waals surface area contributed by atoms with Crippen LogP contribution >= 0.6 is 0 Å². The molecule has 18 heteroatoms. The molecule has 2 aliphatic rings. The maximum atomic E-state index is 15.3. The second kappa shape index (κ2) is 23.9. The number of hydrogen-bond donors (Lipinski definition) is 0. The summed E-state index contributed by atoms with van der Waals surface area (Å²) in [5, 5.41) is 0. The van der Waals surface area contributed by atoms with Gasteiger partial charge >= 0.3 is 17.9 Å². The number of hydrogen-bond acceptors (Lipinski definition) is 14. The molecule has 0 amide bonds. The van der Waals surface area contributed by atoms with E-state index < -0.39 is 30.7 Å². The van der Waals surface area contributed by atoms with Crippen LogP contribution in [-0.2, 0) is 38.3 Å². The van der Waals surface area contributed by atoms with Gasteiger partial charge in [-0.05, 0) is 65.2 Å². The van der Waals surface area contributed by atoms with Gasteiger partial charge in [-0.25, -0.2) is 4.79 Å². The van der Waals surface area contributed by atoms with Gasteiger partial charge in [-0.2, -0.15) is 8.78 Å². The highest BCUT2D eigenvalue weighted by Gasteiger charge is 2.44. The first-order chi connectivity index (χ1) is 34.5. The maximum Gasteiger partial charge on any atom is 0.376 e. The molecule has 394 valence electrons. The van der Waals surface area contributed by atoms with E-state index in [1.54, 1.807) is 71.1 Å². The molecule has 0 saturated carbocycles. The van der Waals surface area contributed by atoms with Gasteiger partial charge in [0.2, 0.25) is 11.5 Å².